The standard InChI is InChI=1S/C19H19N3O4/c23-19-16-5-1-2-6-17(16)20-18(21(19)12-15-4-3-11-26-15)13-7-9-14(10-8-13)22(24)25/h1-2,5-10,15,18,20H,3-4,11-12H2. The summed E-state index contributed by atoms with van der Waals surface area (Å²) in [6.45, 7) is 1.21. The second-order valence-electron chi connectivity index (χ2n) is 6.53. The molecule has 1 fully saturated rings. The van der Waals surface area contributed by atoms with Crippen molar-refractivity contribution in [3.63, 3.8) is 0 Å². The van der Waals surface area contributed by atoms with E-state index in [1.54, 1.807) is 23.1 Å². The number of para-hydroxylation sites is 1. The molecule has 0 aromatic heterocycles. The van der Waals surface area contributed by atoms with E-state index >= 15 is 0 Å². The number of amides is 1. The van der Waals surface area contributed by atoms with E-state index in [1.807, 2.05) is 18.2 Å². The number of benzene rings is 2. The third-order valence-corrected chi connectivity index (χ3v) is 4.87. The lowest BCUT2D eigenvalue weighted by molar-refractivity contribution is -0.384. The van der Waals surface area contributed by atoms with Crippen LogP contribution in [-0.2, 0) is 4.74 Å². The second kappa shape index (κ2) is 6.76. The van der Waals surface area contributed by atoms with Crippen LogP contribution < -0.4 is 5.32 Å². The van der Waals surface area contributed by atoms with Gasteiger partial charge < -0.3 is 15.0 Å². The summed E-state index contributed by atoms with van der Waals surface area (Å²) in [6, 6.07) is 13.7. The Labute approximate surface area is 150 Å². The third-order valence-electron chi connectivity index (χ3n) is 4.87. The minimum Gasteiger partial charge on any atom is -0.376 e. The fourth-order valence-electron chi connectivity index (χ4n) is 3.53. The van der Waals surface area contributed by atoms with Gasteiger partial charge in [-0.1, -0.05) is 12.1 Å². The van der Waals surface area contributed by atoms with Crippen LogP contribution in [0.15, 0.2) is 48.5 Å². The maximum Gasteiger partial charge on any atom is 0.269 e. The van der Waals surface area contributed by atoms with Gasteiger partial charge in [0.25, 0.3) is 11.6 Å². The molecule has 0 bridgehead atoms. The number of ether oxygens (including phenoxy) is 1. The molecular weight excluding hydrogens is 334 g/mol. The van der Waals surface area contributed by atoms with Crippen LogP contribution in [0.1, 0.15) is 34.9 Å². The van der Waals surface area contributed by atoms with Crippen LogP contribution in [-0.4, -0.2) is 35.0 Å². The summed E-state index contributed by atoms with van der Waals surface area (Å²) in [6.07, 6.45) is 1.56. The van der Waals surface area contributed by atoms with Crippen molar-refractivity contribution in [1.82, 2.24) is 4.90 Å². The molecule has 26 heavy (non-hydrogen) atoms. The largest absolute Gasteiger partial charge is 0.376 e. The van der Waals surface area contributed by atoms with Gasteiger partial charge in [-0.25, -0.2) is 0 Å². The maximum absolute atomic E-state index is 13.1. The Kier molecular flexibility index (Phi) is 4.30. The molecule has 2 atom stereocenters. The van der Waals surface area contributed by atoms with E-state index in [2.05, 4.69) is 5.32 Å². The number of hydrogen-bond acceptors (Lipinski definition) is 5. The number of anilines is 1. The van der Waals surface area contributed by atoms with Gasteiger partial charge in [0.1, 0.15) is 6.17 Å². The Hall–Kier alpha value is -2.93. The molecule has 1 N–H and O–H groups in total. The van der Waals surface area contributed by atoms with Crippen LogP contribution in [0.3, 0.4) is 0 Å². The molecule has 2 aromatic rings. The average Bonchev–Trinajstić information content (AvgIpc) is 3.17. The molecule has 0 radical (unpaired) electrons. The topological polar surface area (TPSA) is 84.7 Å². The van der Waals surface area contributed by atoms with E-state index in [9.17, 15) is 14.9 Å². The first-order valence-corrected chi connectivity index (χ1v) is 8.66. The summed E-state index contributed by atoms with van der Waals surface area (Å²) >= 11 is 0. The monoisotopic (exact) mass is 353 g/mol. The van der Waals surface area contributed by atoms with Crippen molar-refractivity contribution in [2.24, 2.45) is 0 Å². The maximum atomic E-state index is 13.1. The zero-order valence-electron chi connectivity index (χ0n) is 14.1. The van der Waals surface area contributed by atoms with Crippen LogP contribution >= 0.6 is 0 Å². The van der Waals surface area contributed by atoms with Crippen molar-refractivity contribution in [2.75, 3.05) is 18.5 Å². The summed E-state index contributed by atoms with van der Waals surface area (Å²) < 4.78 is 5.72. The van der Waals surface area contributed by atoms with Crippen molar-refractivity contribution in [3.05, 3.63) is 69.8 Å². The first-order valence-electron chi connectivity index (χ1n) is 8.66. The normalized spacial score (nSPS) is 22.0. The summed E-state index contributed by atoms with van der Waals surface area (Å²) in [5.41, 5.74) is 2.23. The molecule has 7 nitrogen and oxygen atoms in total. The Bertz CT molecular complexity index is 831. The molecule has 2 unspecified atom stereocenters. The highest BCUT2D eigenvalue weighted by molar-refractivity contribution is 6.01. The number of fused-ring (bicyclic) bond motifs is 1. The van der Waals surface area contributed by atoms with Gasteiger partial charge in [0.05, 0.1) is 16.6 Å². The quantitative estimate of drug-likeness (QED) is 0.673. The number of non-ortho nitro benzene ring substituents is 1. The van der Waals surface area contributed by atoms with Crippen molar-refractivity contribution in [1.29, 1.82) is 0 Å². The number of nitro groups is 1. The van der Waals surface area contributed by atoms with Gasteiger partial charge in [-0.2, -0.15) is 0 Å². The van der Waals surface area contributed by atoms with Crippen LogP contribution in [0, 0.1) is 10.1 Å². The number of rotatable bonds is 4. The zero-order chi connectivity index (χ0) is 18.1. The number of hydrogen-bond donors (Lipinski definition) is 1. The Morgan fingerprint density at radius 3 is 2.65 bits per heavy atom. The zero-order valence-corrected chi connectivity index (χ0v) is 14.1. The Balaban J connectivity index is 1.69. The molecule has 1 amide bonds. The van der Waals surface area contributed by atoms with Crippen molar-refractivity contribution < 1.29 is 14.5 Å². The second-order valence-corrected chi connectivity index (χ2v) is 6.53. The lowest BCUT2D eigenvalue weighted by atomic mass is 10.0. The highest BCUT2D eigenvalue weighted by atomic mass is 16.6. The van der Waals surface area contributed by atoms with Gasteiger partial charge in [-0.3, -0.25) is 14.9 Å². The van der Waals surface area contributed by atoms with Crippen molar-refractivity contribution in [2.45, 2.75) is 25.1 Å². The van der Waals surface area contributed by atoms with Gasteiger partial charge in [0.2, 0.25) is 0 Å². The number of nitro benzene ring substituents is 1. The predicted octanol–water partition coefficient (Wildman–Crippen LogP) is 3.34. The van der Waals surface area contributed by atoms with Crippen LogP contribution in [0.5, 0.6) is 0 Å². The first kappa shape index (κ1) is 16.5. The van der Waals surface area contributed by atoms with Crippen LogP contribution in [0.4, 0.5) is 11.4 Å². The van der Waals surface area contributed by atoms with E-state index < -0.39 is 4.92 Å². The highest BCUT2D eigenvalue weighted by Crippen LogP contribution is 2.34. The van der Waals surface area contributed by atoms with Gasteiger partial charge in [-0.15, -0.1) is 0 Å². The fourth-order valence-corrected chi connectivity index (χ4v) is 3.53. The molecule has 0 spiro atoms. The molecule has 0 aliphatic carbocycles. The number of nitrogens with one attached hydrogen (secondary N) is 1. The summed E-state index contributed by atoms with van der Waals surface area (Å²) in [7, 11) is 0. The lowest BCUT2D eigenvalue weighted by Gasteiger charge is -2.39. The Morgan fingerprint density at radius 2 is 1.96 bits per heavy atom. The number of carbonyl (C=O) groups excluding carboxylic acids is 1. The third kappa shape index (κ3) is 3.01. The molecule has 7 heteroatoms. The smallest absolute Gasteiger partial charge is 0.269 e. The van der Waals surface area contributed by atoms with Crippen molar-refractivity contribution in [3.8, 4) is 0 Å². The molecular formula is C19H19N3O4. The van der Waals surface area contributed by atoms with Crippen LogP contribution in [0.25, 0.3) is 0 Å². The van der Waals surface area contributed by atoms with E-state index in [-0.39, 0.29) is 23.9 Å². The minimum atomic E-state index is -0.428. The summed E-state index contributed by atoms with van der Waals surface area (Å²) in [5.74, 6) is -0.0572. The molecule has 2 aliphatic rings. The highest BCUT2D eigenvalue weighted by Gasteiger charge is 2.35. The van der Waals surface area contributed by atoms with Gasteiger partial charge in [0.15, 0.2) is 0 Å². The fraction of sp³-hybridized carbons (Fsp3) is 0.316. The summed E-state index contributed by atoms with van der Waals surface area (Å²) in [4.78, 5) is 25.3. The van der Waals surface area contributed by atoms with Crippen molar-refractivity contribution >= 4 is 17.3 Å². The Morgan fingerprint density at radius 1 is 1.19 bits per heavy atom. The molecule has 134 valence electrons. The van der Waals surface area contributed by atoms with Gasteiger partial charge in [-0.05, 0) is 42.7 Å². The molecule has 2 aliphatic heterocycles. The molecule has 2 heterocycles. The first-order chi connectivity index (χ1) is 12.6. The predicted molar refractivity (Wildman–Crippen MR) is 95.9 cm³/mol. The van der Waals surface area contributed by atoms with E-state index in [0.717, 1.165) is 30.7 Å². The molecule has 1 saturated heterocycles. The molecule has 0 saturated carbocycles. The number of nitrogens with zero attached hydrogens (tertiary/aromatic N) is 2. The minimum absolute atomic E-state index is 0.0200. The van der Waals surface area contributed by atoms with E-state index in [0.29, 0.717) is 12.1 Å². The number of carbonyl (C=O) groups is 1. The lowest BCUT2D eigenvalue weighted by Crippen LogP contribution is -2.46. The molecule has 2 aromatic carbocycles. The average molecular weight is 353 g/mol. The van der Waals surface area contributed by atoms with Gasteiger partial charge in [0, 0.05) is 31.0 Å². The molecule has 4 rings (SSSR count). The van der Waals surface area contributed by atoms with Crippen LogP contribution in [0.2, 0.25) is 0 Å². The van der Waals surface area contributed by atoms with E-state index in [4.69, 9.17) is 4.74 Å². The van der Waals surface area contributed by atoms with Gasteiger partial charge >= 0.3 is 0 Å². The summed E-state index contributed by atoms with van der Waals surface area (Å²) in [5, 5.41) is 14.3. The SMILES string of the molecule is O=C1c2ccccc2NC(c2ccc([N+](=O)[O-])cc2)N1CC1CCCO1. The van der Waals surface area contributed by atoms with E-state index in [1.165, 1.54) is 12.1 Å².